The SMILES string of the molecule is COc1ccc(Cl)cc1NC(=O)c1cc2c(CO)cnc(C)c2oc1=Nc1ccc(C)cc1. The number of ether oxygens (including phenoxy) is 1. The van der Waals surface area contributed by atoms with Crippen LogP contribution in [-0.4, -0.2) is 23.1 Å². The van der Waals surface area contributed by atoms with Crippen molar-refractivity contribution in [2.24, 2.45) is 4.99 Å². The summed E-state index contributed by atoms with van der Waals surface area (Å²) in [5.74, 6) is -0.0102. The Morgan fingerprint density at radius 2 is 1.94 bits per heavy atom. The number of halogens is 1. The third-order valence-corrected chi connectivity index (χ3v) is 5.38. The molecule has 0 bridgehead atoms. The number of hydrogen-bond donors (Lipinski definition) is 2. The highest BCUT2D eigenvalue weighted by molar-refractivity contribution is 6.31. The lowest BCUT2D eigenvalue weighted by atomic mass is 10.1. The third kappa shape index (κ3) is 4.74. The van der Waals surface area contributed by atoms with Gasteiger partial charge in [-0.1, -0.05) is 29.3 Å². The number of anilines is 1. The molecule has 1 amide bonds. The van der Waals surface area contributed by atoms with Gasteiger partial charge in [-0.25, -0.2) is 4.99 Å². The number of amides is 1. The van der Waals surface area contributed by atoms with E-state index in [4.69, 9.17) is 20.8 Å². The van der Waals surface area contributed by atoms with Gasteiger partial charge >= 0.3 is 0 Å². The van der Waals surface area contributed by atoms with Gasteiger partial charge in [-0.2, -0.15) is 0 Å². The number of benzene rings is 2. The summed E-state index contributed by atoms with van der Waals surface area (Å²) in [5, 5.41) is 13.6. The monoisotopic (exact) mass is 463 g/mol. The van der Waals surface area contributed by atoms with Crippen LogP contribution in [0.5, 0.6) is 5.75 Å². The van der Waals surface area contributed by atoms with Gasteiger partial charge in [0.05, 0.1) is 30.8 Å². The second-order valence-corrected chi connectivity index (χ2v) is 7.92. The van der Waals surface area contributed by atoms with Crippen molar-refractivity contribution < 1.29 is 19.1 Å². The van der Waals surface area contributed by atoms with E-state index in [-0.39, 0.29) is 17.7 Å². The molecule has 2 heterocycles. The Morgan fingerprint density at radius 3 is 2.64 bits per heavy atom. The quantitative estimate of drug-likeness (QED) is 0.430. The van der Waals surface area contributed by atoms with E-state index in [1.807, 2.05) is 31.2 Å². The Hall–Kier alpha value is -3.68. The predicted octanol–water partition coefficient (Wildman–Crippen LogP) is 5.08. The number of nitrogens with zero attached hydrogens (tertiary/aromatic N) is 2. The minimum absolute atomic E-state index is 0.116. The van der Waals surface area contributed by atoms with Gasteiger partial charge in [0.15, 0.2) is 5.58 Å². The number of carbonyl (C=O) groups is 1. The van der Waals surface area contributed by atoms with Crippen molar-refractivity contribution in [3.8, 4) is 5.75 Å². The first-order chi connectivity index (χ1) is 15.9. The normalized spacial score (nSPS) is 11.6. The van der Waals surface area contributed by atoms with Gasteiger partial charge in [-0.05, 0) is 50.2 Å². The molecule has 2 aromatic carbocycles. The van der Waals surface area contributed by atoms with Gasteiger partial charge in [0, 0.05) is 22.2 Å². The van der Waals surface area contributed by atoms with Crippen LogP contribution in [0.15, 0.2) is 64.1 Å². The average Bonchev–Trinajstić information content (AvgIpc) is 2.81. The summed E-state index contributed by atoms with van der Waals surface area (Å²) in [7, 11) is 1.51. The number of aliphatic hydroxyl groups excluding tert-OH is 1. The van der Waals surface area contributed by atoms with Crippen LogP contribution >= 0.6 is 11.6 Å². The summed E-state index contributed by atoms with van der Waals surface area (Å²) < 4.78 is 11.4. The maximum absolute atomic E-state index is 13.4. The van der Waals surface area contributed by atoms with E-state index >= 15 is 0 Å². The molecule has 8 heteroatoms. The molecule has 4 rings (SSSR count). The first-order valence-corrected chi connectivity index (χ1v) is 10.6. The van der Waals surface area contributed by atoms with Gasteiger partial charge in [0.25, 0.3) is 5.91 Å². The lowest BCUT2D eigenvalue weighted by molar-refractivity contribution is 0.102. The van der Waals surface area contributed by atoms with Gasteiger partial charge in [0.1, 0.15) is 11.3 Å². The number of hydrogen-bond acceptors (Lipinski definition) is 6. The first kappa shape index (κ1) is 22.5. The number of nitrogens with one attached hydrogen (secondary N) is 1. The lowest BCUT2D eigenvalue weighted by Crippen LogP contribution is -2.22. The molecule has 4 aromatic rings. The molecule has 0 saturated carbocycles. The number of carbonyl (C=O) groups excluding carboxylic acids is 1. The number of aryl methyl sites for hydroxylation is 2. The highest BCUT2D eigenvalue weighted by Gasteiger charge is 2.18. The zero-order valence-electron chi connectivity index (χ0n) is 18.3. The second kappa shape index (κ2) is 9.44. The Bertz CT molecular complexity index is 1410. The Labute approximate surface area is 195 Å². The molecule has 168 valence electrons. The predicted molar refractivity (Wildman–Crippen MR) is 127 cm³/mol. The molecule has 0 atom stereocenters. The number of fused-ring (bicyclic) bond motifs is 1. The maximum atomic E-state index is 13.4. The summed E-state index contributed by atoms with van der Waals surface area (Å²) >= 11 is 6.11. The fourth-order valence-corrected chi connectivity index (χ4v) is 3.54. The molecule has 0 saturated heterocycles. The molecular weight excluding hydrogens is 442 g/mol. The van der Waals surface area contributed by atoms with Crippen molar-refractivity contribution in [1.29, 1.82) is 0 Å². The van der Waals surface area contributed by atoms with Crippen LogP contribution in [-0.2, 0) is 6.61 Å². The molecule has 0 radical (unpaired) electrons. The smallest absolute Gasteiger partial charge is 0.261 e. The standard InChI is InChI=1S/C25H22ClN3O4/c1-14-4-7-18(8-5-14)28-25-20(11-19-16(13-30)12-27-15(2)23(19)33-25)24(31)29-21-10-17(26)6-9-22(21)32-3/h4-12,30H,13H2,1-3H3,(H,29,31). The molecule has 2 aromatic heterocycles. The highest BCUT2D eigenvalue weighted by atomic mass is 35.5. The van der Waals surface area contributed by atoms with Crippen molar-refractivity contribution >= 4 is 39.9 Å². The molecular formula is C25H22ClN3O4. The van der Waals surface area contributed by atoms with Crippen LogP contribution < -0.4 is 15.6 Å². The van der Waals surface area contributed by atoms with Crippen LogP contribution in [0.2, 0.25) is 5.02 Å². The molecule has 0 unspecified atom stereocenters. The highest BCUT2D eigenvalue weighted by Crippen LogP contribution is 2.28. The largest absolute Gasteiger partial charge is 0.495 e. The molecule has 33 heavy (non-hydrogen) atoms. The number of methoxy groups -OCH3 is 1. The van der Waals surface area contributed by atoms with Crippen molar-refractivity contribution in [1.82, 2.24) is 4.98 Å². The Kier molecular flexibility index (Phi) is 6.44. The molecule has 2 N–H and O–H groups in total. The molecule has 0 aliphatic carbocycles. The van der Waals surface area contributed by atoms with Gasteiger partial charge in [-0.3, -0.25) is 9.78 Å². The summed E-state index contributed by atoms with van der Waals surface area (Å²) in [5.41, 5.74) is 4.02. The summed E-state index contributed by atoms with van der Waals surface area (Å²) in [6.45, 7) is 3.52. The zero-order chi connectivity index (χ0) is 23.5. The average molecular weight is 464 g/mol. The van der Waals surface area contributed by atoms with Crippen LogP contribution in [0, 0.1) is 13.8 Å². The minimum Gasteiger partial charge on any atom is -0.495 e. The van der Waals surface area contributed by atoms with E-state index in [0.717, 1.165) is 5.56 Å². The van der Waals surface area contributed by atoms with E-state index in [0.29, 0.717) is 44.4 Å². The summed E-state index contributed by atoms with van der Waals surface area (Å²) in [6, 6.07) is 14.1. The van der Waals surface area contributed by atoms with Crippen LogP contribution in [0.3, 0.4) is 0 Å². The zero-order valence-corrected chi connectivity index (χ0v) is 19.1. The van der Waals surface area contributed by atoms with Crippen molar-refractivity contribution in [3.63, 3.8) is 0 Å². The van der Waals surface area contributed by atoms with Crippen molar-refractivity contribution in [2.45, 2.75) is 20.5 Å². The van der Waals surface area contributed by atoms with Crippen molar-refractivity contribution in [3.05, 3.63) is 87.7 Å². The van der Waals surface area contributed by atoms with Crippen LogP contribution in [0.1, 0.15) is 27.2 Å². The molecule has 0 fully saturated rings. The number of aromatic nitrogens is 1. The Balaban J connectivity index is 1.92. The van der Waals surface area contributed by atoms with E-state index in [1.54, 1.807) is 37.4 Å². The van der Waals surface area contributed by atoms with E-state index in [9.17, 15) is 9.90 Å². The summed E-state index contributed by atoms with van der Waals surface area (Å²) in [6.07, 6.45) is 1.56. The van der Waals surface area contributed by atoms with Gasteiger partial charge < -0.3 is 19.6 Å². The molecule has 0 aliphatic rings. The number of rotatable bonds is 5. The maximum Gasteiger partial charge on any atom is 0.261 e. The summed E-state index contributed by atoms with van der Waals surface area (Å²) in [4.78, 5) is 22.2. The van der Waals surface area contributed by atoms with Gasteiger partial charge in [-0.15, -0.1) is 0 Å². The van der Waals surface area contributed by atoms with Gasteiger partial charge in [0.2, 0.25) is 5.55 Å². The van der Waals surface area contributed by atoms with E-state index in [1.165, 1.54) is 7.11 Å². The number of pyridine rings is 1. The molecule has 0 spiro atoms. The second-order valence-electron chi connectivity index (χ2n) is 7.48. The van der Waals surface area contributed by atoms with E-state index < -0.39 is 5.91 Å². The number of aliphatic hydroxyl groups is 1. The lowest BCUT2D eigenvalue weighted by Gasteiger charge is -2.12. The van der Waals surface area contributed by atoms with Crippen LogP contribution in [0.4, 0.5) is 11.4 Å². The third-order valence-electron chi connectivity index (χ3n) is 5.14. The van der Waals surface area contributed by atoms with E-state index in [2.05, 4.69) is 15.3 Å². The molecule has 7 nitrogen and oxygen atoms in total. The molecule has 0 aliphatic heterocycles. The first-order valence-electron chi connectivity index (χ1n) is 10.2. The minimum atomic E-state index is -0.467. The van der Waals surface area contributed by atoms with Crippen molar-refractivity contribution in [2.75, 3.05) is 12.4 Å². The van der Waals surface area contributed by atoms with Crippen LogP contribution in [0.25, 0.3) is 11.0 Å². The fraction of sp³-hybridized carbons (Fsp3) is 0.160. The fourth-order valence-electron chi connectivity index (χ4n) is 3.36. The topological polar surface area (TPSA) is 97.0 Å². The Morgan fingerprint density at radius 1 is 1.18 bits per heavy atom.